The van der Waals surface area contributed by atoms with Crippen LogP contribution in [0, 0.1) is 12.7 Å². The van der Waals surface area contributed by atoms with Crippen molar-refractivity contribution in [1.29, 1.82) is 0 Å². The number of rotatable bonds is 7. The fourth-order valence-electron chi connectivity index (χ4n) is 2.41. The van der Waals surface area contributed by atoms with E-state index in [1.165, 1.54) is 18.2 Å². The van der Waals surface area contributed by atoms with Crippen LogP contribution in [0.15, 0.2) is 48.5 Å². The van der Waals surface area contributed by atoms with Crippen LogP contribution < -0.4 is 9.62 Å². The van der Waals surface area contributed by atoms with E-state index in [4.69, 9.17) is 0 Å². The zero-order chi connectivity index (χ0) is 18.4. The first-order chi connectivity index (χ1) is 11.8. The van der Waals surface area contributed by atoms with E-state index in [9.17, 15) is 17.6 Å². The molecule has 2 rings (SSSR count). The molecule has 0 heterocycles. The lowest BCUT2D eigenvalue weighted by atomic mass is 10.1. The molecular formula is C18H21FN2O3S. The van der Waals surface area contributed by atoms with Gasteiger partial charge in [0.05, 0.1) is 11.9 Å². The molecule has 0 aromatic heterocycles. The fraction of sp³-hybridized carbons (Fsp3) is 0.278. The average Bonchev–Trinajstić information content (AvgIpc) is 2.54. The lowest BCUT2D eigenvalue weighted by Gasteiger charge is -2.22. The Morgan fingerprint density at radius 3 is 2.40 bits per heavy atom. The van der Waals surface area contributed by atoms with Gasteiger partial charge in [0.25, 0.3) is 0 Å². The van der Waals surface area contributed by atoms with Crippen LogP contribution in [0.25, 0.3) is 0 Å². The Hall–Kier alpha value is -2.41. The summed E-state index contributed by atoms with van der Waals surface area (Å²) in [6.45, 7) is 2.19. The topological polar surface area (TPSA) is 66.5 Å². The molecule has 0 radical (unpaired) electrons. The van der Waals surface area contributed by atoms with Crippen molar-refractivity contribution in [2.75, 3.05) is 17.1 Å². The van der Waals surface area contributed by atoms with Crippen LogP contribution in [-0.4, -0.2) is 27.1 Å². The largest absolute Gasteiger partial charge is 0.352 e. The summed E-state index contributed by atoms with van der Waals surface area (Å²) in [5.74, 6) is -0.943. The third-order valence-corrected chi connectivity index (χ3v) is 4.98. The molecule has 0 atom stereocenters. The quantitative estimate of drug-likeness (QED) is 0.821. The first-order valence-electron chi connectivity index (χ1n) is 7.82. The highest BCUT2D eigenvalue weighted by molar-refractivity contribution is 7.92. The normalized spacial score (nSPS) is 11.2. The van der Waals surface area contributed by atoms with Crippen LogP contribution in [0.5, 0.6) is 0 Å². The monoisotopic (exact) mass is 364 g/mol. The fourth-order valence-corrected chi connectivity index (χ4v) is 3.34. The van der Waals surface area contributed by atoms with Gasteiger partial charge in [-0.05, 0) is 30.2 Å². The van der Waals surface area contributed by atoms with Gasteiger partial charge in [-0.3, -0.25) is 9.10 Å². The Bertz CT molecular complexity index is 853. The van der Waals surface area contributed by atoms with Crippen molar-refractivity contribution in [3.63, 3.8) is 0 Å². The number of hydrogen-bond acceptors (Lipinski definition) is 3. The van der Waals surface area contributed by atoms with Gasteiger partial charge < -0.3 is 5.32 Å². The summed E-state index contributed by atoms with van der Waals surface area (Å²) in [6, 6.07) is 13.3. The number of nitrogens with zero attached hydrogens (tertiary/aromatic N) is 1. The number of aryl methyl sites for hydroxylation is 1. The third-order valence-electron chi connectivity index (χ3n) is 3.80. The van der Waals surface area contributed by atoms with E-state index in [0.29, 0.717) is 6.54 Å². The smallest absolute Gasteiger partial charge is 0.232 e. The number of carbonyl (C=O) groups is 1. The number of hydrogen-bond donors (Lipinski definition) is 1. The standard InChI is InChI=1S/C18H21FN2O3S/c1-14-7-3-4-8-15(14)13-20-18(22)11-12-21(25(2,23)24)17-10-6-5-9-16(17)19/h3-10H,11-13H2,1-2H3,(H,20,22). The molecule has 2 aromatic carbocycles. The summed E-state index contributed by atoms with van der Waals surface area (Å²) in [4.78, 5) is 12.0. The van der Waals surface area contributed by atoms with Crippen molar-refractivity contribution in [2.24, 2.45) is 0 Å². The third kappa shape index (κ3) is 5.29. The predicted molar refractivity (Wildman–Crippen MR) is 96.2 cm³/mol. The molecule has 134 valence electrons. The molecule has 0 aliphatic rings. The van der Waals surface area contributed by atoms with Gasteiger partial charge in [-0.2, -0.15) is 0 Å². The SMILES string of the molecule is Cc1ccccc1CNC(=O)CCN(c1ccccc1F)S(C)(=O)=O. The van der Waals surface area contributed by atoms with Crippen molar-refractivity contribution < 1.29 is 17.6 Å². The van der Waals surface area contributed by atoms with Gasteiger partial charge in [-0.25, -0.2) is 12.8 Å². The average molecular weight is 364 g/mol. The number of amides is 1. The highest BCUT2D eigenvalue weighted by atomic mass is 32.2. The molecule has 5 nitrogen and oxygen atoms in total. The lowest BCUT2D eigenvalue weighted by molar-refractivity contribution is -0.121. The molecule has 25 heavy (non-hydrogen) atoms. The zero-order valence-electron chi connectivity index (χ0n) is 14.2. The second-order valence-corrected chi connectivity index (χ2v) is 7.65. The molecule has 2 aromatic rings. The minimum Gasteiger partial charge on any atom is -0.352 e. The molecule has 0 unspecified atom stereocenters. The number of anilines is 1. The Morgan fingerprint density at radius 2 is 1.76 bits per heavy atom. The van der Waals surface area contributed by atoms with E-state index in [-0.39, 0.29) is 24.6 Å². The Balaban J connectivity index is 2.00. The van der Waals surface area contributed by atoms with Crippen molar-refractivity contribution in [1.82, 2.24) is 5.32 Å². The van der Waals surface area contributed by atoms with Crippen molar-refractivity contribution in [3.05, 3.63) is 65.5 Å². The van der Waals surface area contributed by atoms with Gasteiger partial charge in [0.1, 0.15) is 5.82 Å². The molecule has 0 aliphatic carbocycles. The van der Waals surface area contributed by atoms with E-state index in [0.717, 1.165) is 21.7 Å². The molecule has 0 bridgehead atoms. The van der Waals surface area contributed by atoms with E-state index in [2.05, 4.69) is 5.32 Å². The van der Waals surface area contributed by atoms with E-state index >= 15 is 0 Å². The van der Waals surface area contributed by atoms with Crippen LogP contribution in [0.2, 0.25) is 0 Å². The van der Waals surface area contributed by atoms with Crippen molar-refractivity contribution >= 4 is 21.6 Å². The van der Waals surface area contributed by atoms with Crippen LogP contribution >= 0.6 is 0 Å². The minimum atomic E-state index is -3.70. The van der Waals surface area contributed by atoms with Crippen molar-refractivity contribution in [2.45, 2.75) is 19.9 Å². The van der Waals surface area contributed by atoms with Crippen LogP contribution in [0.3, 0.4) is 0 Å². The molecule has 1 amide bonds. The van der Waals surface area contributed by atoms with Gasteiger partial charge in [-0.1, -0.05) is 36.4 Å². The molecule has 0 saturated heterocycles. The number of halogens is 1. The maximum Gasteiger partial charge on any atom is 0.232 e. The molecule has 0 saturated carbocycles. The maximum atomic E-state index is 13.9. The van der Waals surface area contributed by atoms with Gasteiger partial charge in [0.2, 0.25) is 15.9 Å². The lowest BCUT2D eigenvalue weighted by Crippen LogP contribution is -2.35. The highest BCUT2D eigenvalue weighted by Gasteiger charge is 2.21. The zero-order valence-corrected chi connectivity index (χ0v) is 15.0. The van der Waals surface area contributed by atoms with E-state index < -0.39 is 15.8 Å². The second kappa shape index (κ2) is 8.11. The van der Waals surface area contributed by atoms with Crippen molar-refractivity contribution in [3.8, 4) is 0 Å². The molecule has 1 N–H and O–H groups in total. The van der Waals surface area contributed by atoms with Crippen LogP contribution in [0.4, 0.5) is 10.1 Å². The van der Waals surface area contributed by atoms with Gasteiger partial charge in [-0.15, -0.1) is 0 Å². The van der Waals surface area contributed by atoms with E-state index in [1.807, 2.05) is 31.2 Å². The maximum absolute atomic E-state index is 13.9. The summed E-state index contributed by atoms with van der Waals surface area (Å²) in [5.41, 5.74) is 1.99. The van der Waals surface area contributed by atoms with Gasteiger partial charge in [0, 0.05) is 19.5 Å². The Morgan fingerprint density at radius 1 is 1.12 bits per heavy atom. The Kier molecular flexibility index (Phi) is 6.14. The molecular weight excluding hydrogens is 343 g/mol. The van der Waals surface area contributed by atoms with Crippen LogP contribution in [0.1, 0.15) is 17.5 Å². The summed E-state index contributed by atoms with van der Waals surface area (Å²) < 4.78 is 38.7. The van der Waals surface area contributed by atoms with Gasteiger partial charge in [0.15, 0.2) is 0 Å². The summed E-state index contributed by atoms with van der Waals surface area (Å²) in [6.07, 6.45) is 0.929. The first-order valence-corrected chi connectivity index (χ1v) is 9.67. The summed E-state index contributed by atoms with van der Waals surface area (Å²) >= 11 is 0. The minimum absolute atomic E-state index is 0.0586. The molecule has 7 heteroatoms. The number of nitrogens with one attached hydrogen (secondary N) is 1. The molecule has 0 fully saturated rings. The number of benzene rings is 2. The predicted octanol–water partition coefficient (Wildman–Crippen LogP) is 2.61. The first kappa shape index (κ1) is 18.9. The second-order valence-electron chi connectivity index (χ2n) is 5.74. The Labute approximate surface area is 147 Å². The summed E-state index contributed by atoms with van der Waals surface area (Å²) in [7, 11) is -3.70. The molecule has 0 aliphatic heterocycles. The highest BCUT2D eigenvalue weighted by Crippen LogP contribution is 2.21. The van der Waals surface area contributed by atoms with E-state index in [1.54, 1.807) is 6.07 Å². The molecule has 0 spiro atoms. The number of sulfonamides is 1. The summed E-state index contributed by atoms with van der Waals surface area (Å²) in [5, 5.41) is 2.76. The van der Waals surface area contributed by atoms with Gasteiger partial charge >= 0.3 is 0 Å². The number of para-hydroxylation sites is 1. The number of carbonyl (C=O) groups excluding carboxylic acids is 1. The van der Waals surface area contributed by atoms with Crippen LogP contribution in [-0.2, 0) is 21.4 Å².